The van der Waals surface area contributed by atoms with Gasteiger partial charge in [0.15, 0.2) is 11.3 Å². The van der Waals surface area contributed by atoms with Gasteiger partial charge in [0.2, 0.25) is 0 Å². The van der Waals surface area contributed by atoms with Crippen molar-refractivity contribution in [3.05, 3.63) is 71.8 Å². The highest BCUT2D eigenvalue weighted by Crippen LogP contribution is 2.23. The van der Waals surface area contributed by atoms with E-state index in [-0.39, 0.29) is 5.76 Å². The van der Waals surface area contributed by atoms with Crippen LogP contribution >= 0.6 is 0 Å². The minimum absolute atomic E-state index is 0.0341. The summed E-state index contributed by atoms with van der Waals surface area (Å²) in [6.07, 6.45) is 0. The number of ether oxygens (including phenoxy) is 1. The van der Waals surface area contributed by atoms with Crippen LogP contribution in [-0.2, 0) is 4.79 Å². The molecule has 4 heteroatoms. The third-order valence-corrected chi connectivity index (χ3v) is 2.55. The van der Waals surface area contributed by atoms with Crippen LogP contribution in [0.5, 0.6) is 5.75 Å². The molecule has 0 spiro atoms. The fourth-order valence-electron chi connectivity index (χ4n) is 1.65. The Morgan fingerprint density at radius 1 is 1.00 bits per heavy atom. The van der Waals surface area contributed by atoms with Gasteiger partial charge in [0.1, 0.15) is 11.8 Å². The molecule has 0 saturated heterocycles. The van der Waals surface area contributed by atoms with Crippen molar-refractivity contribution in [1.29, 1.82) is 5.26 Å². The number of hydrogen-bond donors (Lipinski definition) is 1. The van der Waals surface area contributed by atoms with E-state index in [9.17, 15) is 4.79 Å². The fraction of sp³-hybridized carbons (Fsp3) is 0. The molecule has 0 aliphatic carbocycles. The number of hydrogen-bond acceptors (Lipinski definition) is 3. The number of para-hydroxylation sites is 1. The minimum atomic E-state index is -1.32. The molecule has 0 saturated carbocycles. The molecule has 0 radical (unpaired) electrons. The van der Waals surface area contributed by atoms with Gasteiger partial charge in [-0.2, -0.15) is 5.26 Å². The molecule has 4 nitrogen and oxygen atoms in total. The van der Waals surface area contributed by atoms with Gasteiger partial charge in [0.05, 0.1) is 0 Å². The number of nitrogens with zero attached hydrogens (tertiary/aromatic N) is 1. The Morgan fingerprint density at radius 2 is 1.55 bits per heavy atom. The summed E-state index contributed by atoms with van der Waals surface area (Å²) in [5.74, 6) is -0.811. The van der Waals surface area contributed by atoms with E-state index in [0.29, 0.717) is 11.3 Å². The average molecular weight is 265 g/mol. The Bertz CT molecular complexity index is 670. The molecule has 0 heterocycles. The molecule has 2 rings (SSSR count). The SMILES string of the molecule is N#C/C(C(=O)O)=C(\Oc1ccccc1)c1ccccc1. The maximum atomic E-state index is 11.2. The van der Waals surface area contributed by atoms with E-state index < -0.39 is 11.5 Å². The molecule has 98 valence electrons. The summed E-state index contributed by atoms with van der Waals surface area (Å²) in [6.45, 7) is 0. The van der Waals surface area contributed by atoms with Crippen molar-refractivity contribution >= 4 is 11.7 Å². The molecule has 0 aliphatic rings. The second-order valence-corrected chi connectivity index (χ2v) is 3.90. The van der Waals surface area contributed by atoms with E-state index in [1.807, 2.05) is 6.07 Å². The first-order valence-corrected chi connectivity index (χ1v) is 5.88. The van der Waals surface area contributed by atoms with Crippen LogP contribution < -0.4 is 4.74 Å². The van der Waals surface area contributed by atoms with Crippen LogP contribution in [0.15, 0.2) is 66.2 Å². The van der Waals surface area contributed by atoms with E-state index in [4.69, 9.17) is 15.1 Å². The second-order valence-electron chi connectivity index (χ2n) is 3.90. The molecule has 0 bridgehead atoms. The summed E-state index contributed by atoms with van der Waals surface area (Å²) in [6, 6.07) is 19.1. The van der Waals surface area contributed by atoms with Gasteiger partial charge in [-0.1, -0.05) is 48.5 Å². The third-order valence-electron chi connectivity index (χ3n) is 2.55. The van der Waals surface area contributed by atoms with Gasteiger partial charge in [0, 0.05) is 5.56 Å². The van der Waals surface area contributed by atoms with E-state index in [0.717, 1.165) is 0 Å². The number of carboxylic acids is 1. The molecule has 0 aromatic heterocycles. The number of carboxylic acid groups (broad SMARTS) is 1. The van der Waals surface area contributed by atoms with Crippen molar-refractivity contribution in [2.45, 2.75) is 0 Å². The Hall–Kier alpha value is -3.06. The van der Waals surface area contributed by atoms with E-state index in [1.54, 1.807) is 60.7 Å². The first-order valence-electron chi connectivity index (χ1n) is 5.88. The van der Waals surface area contributed by atoms with Gasteiger partial charge < -0.3 is 9.84 Å². The van der Waals surface area contributed by atoms with Crippen LogP contribution in [0.25, 0.3) is 5.76 Å². The van der Waals surface area contributed by atoms with Crippen LogP contribution in [0, 0.1) is 11.3 Å². The van der Waals surface area contributed by atoms with E-state index >= 15 is 0 Å². The van der Waals surface area contributed by atoms with Crippen LogP contribution in [0.4, 0.5) is 0 Å². The fourth-order valence-corrected chi connectivity index (χ4v) is 1.65. The van der Waals surface area contributed by atoms with Gasteiger partial charge >= 0.3 is 5.97 Å². The summed E-state index contributed by atoms with van der Waals surface area (Å²) < 4.78 is 5.59. The lowest BCUT2D eigenvalue weighted by molar-refractivity contribution is -0.132. The summed E-state index contributed by atoms with van der Waals surface area (Å²) in [5.41, 5.74) is 0.107. The summed E-state index contributed by atoms with van der Waals surface area (Å²) in [5, 5.41) is 18.2. The van der Waals surface area contributed by atoms with Crippen LogP contribution in [-0.4, -0.2) is 11.1 Å². The average Bonchev–Trinajstić information content (AvgIpc) is 2.48. The quantitative estimate of drug-likeness (QED) is 0.524. The summed E-state index contributed by atoms with van der Waals surface area (Å²) in [4.78, 5) is 11.2. The summed E-state index contributed by atoms with van der Waals surface area (Å²) >= 11 is 0. The van der Waals surface area contributed by atoms with Gasteiger partial charge in [-0.15, -0.1) is 0 Å². The Kier molecular flexibility index (Phi) is 4.15. The molecule has 0 atom stereocenters. The molecular weight excluding hydrogens is 254 g/mol. The Balaban J connectivity index is 2.51. The largest absolute Gasteiger partial charge is 0.477 e. The van der Waals surface area contributed by atoms with Gasteiger partial charge in [-0.05, 0) is 12.1 Å². The lowest BCUT2D eigenvalue weighted by Crippen LogP contribution is -2.07. The highest BCUT2D eigenvalue weighted by atomic mass is 16.5. The zero-order valence-corrected chi connectivity index (χ0v) is 10.5. The second kappa shape index (κ2) is 6.21. The molecule has 0 amide bonds. The van der Waals surface area contributed by atoms with Crippen LogP contribution in [0.3, 0.4) is 0 Å². The predicted molar refractivity (Wildman–Crippen MR) is 73.7 cm³/mol. The predicted octanol–water partition coefficient (Wildman–Crippen LogP) is 3.08. The molecule has 0 unspecified atom stereocenters. The normalized spacial score (nSPS) is 11.2. The zero-order valence-electron chi connectivity index (χ0n) is 10.5. The number of carbonyl (C=O) groups is 1. The van der Waals surface area contributed by atoms with E-state index in [1.165, 1.54) is 0 Å². The van der Waals surface area contributed by atoms with Crippen molar-refractivity contribution in [3.63, 3.8) is 0 Å². The molecule has 20 heavy (non-hydrogen) atoms. The molecular formula is C16H11NO3. The van der Waals surface area contributed by atoms with Crippen molar-refractivity contribution in [1.82, 2.24) is 0 Å². The maximum Gasteiger partial charge on any atom is 0.350 e. The van der Waals surface area contributed by atoms with Crippen molar-refractivity contribution in [2.24, 2.45) is 0 Å². The Labute approximate surface area is 116 Å². The first kappa shape index (κ1) is 13.4. The topological polar surface area (TPSA) is 70.3 Å². The number of nitriles is 1. The molecule has 0 aliphatic heterocycles. The zero-order chi connectivity index (χ0) is 14.4. The highest BCUT2D eigenvalue weighted by Gasteiger charge is 2.18. The van der Waals surface area contributed by atoms with Crippen molar-refractivity contribution in [3.8, 4) is 11.8 Å². The molecule has 2 aromatic carbocycles. The number of benzene rings is 2. The standard InChI is InChI=1S/C16H11NO3/c17-11-14(16(18)19)15(12-7-3-1-4-8-12)20-13-9-5-2-6-10-13/h1-10H,(H,18,19)/b15-14+. The van der Waals surface area contributed by atoms with Crippen molar-refractivity contribution in [2.75, 3.05) is 0 Å². The lowest BCUT2D eigenvalue weighted by atomic mass is 10.1. The number of rotatable bonds is 4. The van der Waals surface area contributed by atoms with Crippen LogP contribution in [0.2, 0.25) is 0 Å². The Morgan fingerprint density at radius 3 is 2.05 bits per heavy atom. The number of aliphatic carboxylic acids is 1. The van der Waals surface area contributed by atoms with Crippen molar-refractivity contribution < 1.29 is 14.6 Å². The monoisotopic (exact) mass is 265 g/mol. The van der Waals surface area contributed by atoms with E-state index in [2.05, 4.69) is 0 Å². The lowest BCUT2D eigenvalue weighted by Gasteiger charge is -2.11. The van der Waals surface area contributed by atoms with Gasteiger partial charge in [0.25, 0.3) is 0 Å². The molecule has 0 fully saturated rings. The van der Waals surface area contributed by atoms with Crippen LogP contribution in [0.1, 0.15) is 5.56 Å². The third kappa shape index (κ3) is 3.03. The van der Waals surface area contributed by atoms with Gasteiger partial charge in [-0.3, -0.25) is 0 Å². The molecule has 1 N–H and O–H groups in total. The highest BCUT2D eigenvalue weighted by molar-refractivity contribution is 5.99. The summed E-state index contributed by atoms with van der Waals surface area (Å²) in [7, 11) is 0. The first-order chi connectivity index (χ1) is 9.72. The smallest absolute Gasteiger partial charge is 0.350 e. The minimum Gasteiger partial charge on any atom is -0.477 e. The molecule has 2 aromatic rings. The maximum absolute atomic E-state index is 11.2. The van der Waals surface area contributed by atoms with Gasteiger partial charge in [-0.25, -0.2) is 4.79 Å².